The number of carbonyl (C=O) groups is 1. The minimum atomic E-state index is -1.69. The molecule has 1 amide bonds. The molecule has 0 aromatic heterocycles. The van der Waals surface area contributed by atoms with E-state index in [4.69, 9.17) is 46.4 Å². The summed E-state index contributed by atoms with van der Waals surface area (Å²) in [5.41, 5.74) is 0.652. The van der Waals surface area contributed by atoms with E-state index in [1.807, 2.05) is 13.8 Å². The van der Waals surface area contributed by atoms with Crippen molar-refractivity contribution < 1.29 is 4.79 Å². The number of benzene rings is 1. The first kappa shape index (κ1) is 17.7. The van der Waals surface area contributed by atoms with Crippen molar-refractivity contribution in [3.63, 3.8) is 0 Å². The van der Waals surface area contributed by atoms with Crippen LogP contribution in [0.1, 0.15) is 20.3 Å². The van der Waals surface area contributed by atoms with Crippen LogP contribution < -0.4 is 10.6 Å². The Morgan fingerprint density at radius 1 is 1.30 bits per heavy atom. The molecule has 1 atom stereocenters. The average Bonchev–Trinajstić information content (AvgIpc) is 2.25. The maximum absolute atomic E-state index is 11.8. The highest BCUT2D eigenvalue weighted by atomic mass is 35.6. The number of rotatable bonds is 5. The van der Waals surface area contributed by atoms with E-state index < -0.39 is 9.96 Å². The quantitative estimate of drug-likeness (QED) is 0.596. The first-order valence-corrected chi connectivity index (χ1v) is 7.58. The summed E-state index contributed by atoms with van der Waals surface area (Å²) in [6.45, 7) is 3.88. The maximum Gasteiger partial charge on any atom is 0.228 e. The second-order valence-electron chi connectivity index (χ2n) is 4.79. The number of nitrogens with one attached hydrogen (secondary N) is 2. The lowest BCUT2D eigenvalue weighted by Gasteiger charge is -2.27. The molecule has 0 radical (unpaired) electrons. The van der Waals surface area contributed by atoms with E-state index in [1.165, 1.54) is 0 Å². The van der Waals surface area contributed by atoms with Crippen LogP contribution in [0.4, 0.5) is 5.69 Å². The Kier molecular flexibility index (Phi) is 6.73. The zero-order valence-corrected chi connectivity index (χ0v) is 14.1. The second-order valence-corrected chi connectivity index (χ2v) is 7.60. The molecular weight excluding hydrogens is 342 g/mol. The molecule has 112 valence electrons. The van der Waals surface area contributed by atoms with Crippen LogP contribution in [-0.2, 0) is 4.79 Å². The van der Waals surface area contributed by atoms with Gasteiger partial charge < -0.3 is 10.6 Å². The van der Waals surface area contributed by atoms with Crippen LogP contribution in [0, 0.1) is 5.92 Å². The van der Waals surface area contributed by atoms with E-state index in [0.717, 1.165) is 0 Å². The summed E-state index contributed by atoms with van der Waals surface area (Å²) in [5.74, 6) is 0.0306. The second kappa shape index (κ2) is 7.60. The fourth-order valence-corrected chi connectivity index (χ4v) is 2.05. The topological polar surface area (TPSA) is 41.1 Å². The van der Waals surface area contributed by atoms with Crippen LogP contribution in [-0.4, -0.2) is 15.9 Å². The first-order chi connectivity index (χ1) is 9.18. The van der Waals surface area contributed by atoms with Gasteiger partial charge in [-0.1, -0.05) is 66.3 Å². The van der Waals surface area contributed by atoms with Gasteiger partial charge in [-0.05, 0) is 24.1 Å². The van der Waals surface area contributed by atoms with E-state index in [1.54, 1.807) is 24.3 Å². The van der Waals surface area contributed by atoms with E-state index in [-0.39, 0.29) is 11.8 Å². The number of carbonyl (C=O) groups excluding carboxylic acids is 1. The molecule has 0 saturated heterocycles. The number of amides is 1. The lowest BCUT2D eigenvalue weighted by Crippen LogP contribution is -2.49. The third-order valence-corrected chi connectivity index (χ3v) is 3.25. The molecule has 0 bridgehead atoms. The van der Waals surface area contributed by atoms with Gasteiger partial charge >= 0.3 is 0 Å². The SMILES string of the molecule is CC(C)CC(=O)N[C@H](Nc1cccc(Cl)c1)C(Cl)(Cl)Cl. The summed E-state index contributed by atoms with van der Waals surface area (Å²) >= 11 is 23.6. The molecule has 7 heteroatoms. The molecule has 1 rings (SSSR count). The predicted octanol–water partition coefficient (Wildman–Crippen LogP) is 4.61. The van der Waals surface area contributed by atoms with Crippen molar-refractivity contribution in [1.82, 2.24) is 5.32 Å². The van der Waals surface area contributed by atoms with Crippen molar-refractivity contribution >= 4 is 58.0 Å². The molecule has 0 aliphatic heterocycles. The molecule has 0 fully saturated rings. The monoisotopic (exact) mass is 356 g/mol. The summed E-state index contributed by atoms with van der Waals surface area (Å²) in [6.07, 6.45) is -0.494. The Morgan fingerprint density at radius 3 is 2.45 bits per heavy atom. The number of anilines is 1. The summed E-state index contributed by atoms with van der Waals surface area (Å²) < 4.78 is -1.69. The summed E-state index contributed by atoms with van der Waals surface area (Å²) in [4.78, 5) is 11.8. The van der Waals surface area contributed by atoms with Gasteiger partial charge in [0.15, 0.2) is 0 Å². The molecule has 0 unspecified atom stereocenters. The van der Waals surface area contributed by atoms with E-state index in [2.05, 4.69) is 10.6 Å². The van der Waals surface area contributed by atoms with Crippen molar-refractivity contribution in [2.24, 2.45) is 5.92 Å². The molecule has 0 aliphatic rings. The van der Waals surface area contributed by atoms with Gasteiger partial charge in [-0.3, -0.25) is 4.79 Å². The fourth-order valence-electron chi connectivity index (χ4n) is 1.54. The number of hydrogen-bond acceptors (Lipinski definition) is 2. The van der Waals surface area contributed by atoms with Crippen molar-refractivity contribution in [2.45, 2.75) is 30.2 Å². The molecule has 0 spiro atoms. The van der Waals surface area contributed by atoms with Gasteiger partial charge in [0.25, 0.3) is 0 Å². The Labute approximate surface area is 138 Å². The van der Waals surface area contributed by atoms with Crippen molar-refractivity contribution in [3.05, 3.63) is 29.3 Å². The highest BCUT2D eigenvalue weighted by Gasteiger charge is 2.34. The number of alkyl halides is 3. The van der Waals surface area contributed by atoms with E-state index in [0.29, 0.717) is 17.1 Å². The van der Waals surface area contributed by atoms with Crippen molar-refractivity contribution in [3.8, 4) is 0 Å². The zero-order valence-electron chi connectivity index (χ0n) is 11.1. The van der Waals surface area contributed by atoms with Gasteiger partial charge in [-0.15, -0.1) is 0 Å². The Morgan fingerprint density at radius 2 is 1.95 bits per heavy atom. The lowest BCUT2D eigenvalue weighted by molar-refractivity contribution is -0.122. The minimum absolute atomic E-state index is 0.189. The Balaban J connectivity index is 2.78. The van der Waals surface area contributed by atoms with Gasteiger partial charge in [0.1, 0.15) is 6.17 Å². The summed E-state index contributed by atoms with van der Waals surface area (Å²) in [5, 5.41) is 6.17. The number of halogens is 4. The van der Waals surface area contributed by atoms with Gasteiger partial charge in [0, 0.05) is 17.1 Å². The number of hydrogen-bond donors (Lipinski definition) is 2. The maximum atomic E-state index is 11.8. The third kappa shape index (κ3) is 6.40. The standard InChI is InChI=1S/C13H16Cl4N2O/c1-8(2)6-11(20)19-12(13(15,16)17)18-10-5-3-4-9(14)7-10/h3-5,7-8,12,18H,6H2,1-2H3,(H,19,20)/t12-/m0/s1. The van der Waals surface area contributed by atoms with Gasteiger partial charge in [0.05, 0.1) is 0 Å². The minimum Gasteiger partial charge on any atom is -0.362 e. The summed E-state index contributed by atoms with van der Waals surface area (Å²) in [6, 6.07) is 6.94. The molecule has 0 heterocycles. The first-order valence-electron chi connectivity index (χ1n) is 6.06. The third-order valence-electron chi connectivity index (χ3n) is 2.36. The van der Waals surface area contributed by atoms with Crippen LogP contribution in [0.2, 0.25) is 5.02 Å². The lowest BCUT2D eigenvalue weighted by atomic mass is 10.1. The van der Waals surface area contributed by atoms with Crippen LogP contribution in [0.5, 0.6) is 0 Å². The van der Waals surface area contributed by atoms with Gasteiger partial charge in [-0.2, -0.15) is 0 Å². The van der Waals surface area contributed by atoms with Crippen molar-refractivity contribution in [1.29, 1.82) is 0 Å². The Bertz CT molecular complexity index is 460. The van der Waals surface area contributed by atoms with Crippen molar-refractivity contribution in [2.75, 3.05) is 5.32 Å². The molecule has 2 N–H and O–H groups in total. The van der Waals surface area contributed by atoms with Crippen LogP contribution in [0.15, 0.2) is 24.3 Å². The average molecular weight is 358 g/mol. The molecule has 1 aromatic rings. The van der Waals surface area contributed by atoms with Gasteiger partial charge in [0.2, 0.25) is 9.70 Å². The molecule has 0 saturated carbocycles. The van der Waals surface area contributed by atoms with Crippen LogP contribution >= 0.6 is 46.4 Å². The molecule has 3 nitrogen and oxygen atoms in total. The molecule has 0 aliphatic carbocycles. The molecular formula is C13H16Cl4N2O. The highest BCUT2D eigenvalue weighted by molar-refractivity contribution is 6.68. The largest absolute Gasteiger partial charge is 0.362 e. The molecule has 20 heavy (non-hydrogen) atoms. The highest BCUT2D eigenvalue weighted by Crippen LogP contribution is 2.31. The fraction of sp³-hybridized carbons (Fsp3) is 0.462. The van der Waals surface area contributed by atoms with E-state index in [9.17, 15) is 4.79 Å². The smallest absolute Gasteiger partial charge is 0.228 e. The van der Waals surface area contributed by atoms with Gasteiger partial charge in [-0.25, -0.2) is 0 Å². The summed E-state index contributed by atoms with van der Waals surface area (Å²) in [7, 11) is 0. The normalized spacial score (nSPS) is 13.2. The van der Waals surface area contributed by atoms with Crippen LogP contribution in [0.25, 0.3) is 0 Å². The van der Waals surface area contributed by atoms with E-state index >= 15 is 0 Å². The van der Waals surface area contributed by atoms with Crippen LogP contribution in [0.3, 0.4) is 0 Å². The molecule has 1 aromatic carbocycles. The Hall–Kier alpha value is -0.350. The predicted molar refractivity (Wildman–Crippen MR) is 86.8 cm³/mol. The zero-order chi connectivity index (χ0) is 15.3.